The van der Waals surface area contributed by atoms with Gasteiger partial charge in [0.2, 0.25) is 0 Å². The maximum atomic E-state index is 5.91. The van der Waals surface area contributed by atoms with E-state index < -0.39 is 0 Å². The lowest BCUT2D eigenvalue weighted by atomic mass is 9.72. The molecule has 8 rings (SSSR count). The van der Waals surface area contributed by atoms with Crippen molar-refractivity contribution >= 4 is 38.0 Å². The Bertz CT molecular complexity index is 2050. The maximum Gasteiger partial charge on any atom is 0.0314 e. The molecule has 7 aromatic rings. The van der Waals surface area contributed by atoms with Gasteiger partial charge in [-0.25, -0.2) is 0 Å². The number of nitrogens with two attached hydrogens (primary N) is 1. The van der Waals surface area contributed by atoms with Gasteiger partial charge in [0.15, 0.2) is 0 Å². The van der Waals surface area contributed by atoms with Crippen molar-refractivity contribution in [1.29, 1.82) is 0 Å². The van der Waals surface area contributed by atoms with Gasteiger partial charge in [-0.15, -0.1) is 0 Å². The van der Waals surface area contributed by atoms with Gasteiger partial charge in [-0.3, -0.25) is 0 Å². The number of hydrogen-bond acceptors (Lipinski definition) is 1. The molecule has 1 atom stereocenters. The topological polar surface area (TPSA) is 26.0 Å². The summed E-state index contributed by atoms with van der Waals surface area (Å²) in [6.07, 6.45) is 2.05. The van der Waals surface area contributed by atoms with Gasteiger partial charge in [0.25, 0.3) is 0 Å². The van der Waals surface area contributed by atoms with Crippen molar-refractivity contribution in [2.75, 3.05) is 5.73 Å². The van der Waals surface area contributed by atoms with E-state index in [2.05, 4.69) is 121 Å². The van der Waals surface area contributed by atoms with Crippen LogP contribution < -0.4 is 5.73 Å². The van der Waals surface area contributed by atoms with Crippen LogP contribution in [0.3, 0.4) is 0 Å². The first-order valence-corrected chi connectivity index (χ1v) is 14.1. The molecule has 1 aliphatic rings. The van der Waals surface area contributed by atoms with Gasteiger partial charge in [0.05, 0.1) is 0 Å². The highest BCUT2D eigenvalue weighted by Crippen LogP contribution is 2.50. The molecule has 0 bridgehead atoms. The van der Waals surface area contributed by atoms with E-state index in [0.29, 0.717) is 5.92 Å². The highest BCUT2D eigenvalue weighted by atomic mass is 14.5. The minimum atomic E-state index is 0.389. The summed E-state index contributed by atoms with van der Waals surface area (Å²) in [5, 5.41) is 8.12. The molecular weight excluding hydrogens is 482 g/mol. The molecule has 0 saturated heterocycles. The Kier molecular flexibility index (Phi) is 5.24. The number of anilines is 1. The minimum absolute atomic E-state index is 0.389. The van der Waals surface area contributed by atoms with Crippen molar-refractivity contribution in [2.24, 2.45) is 0 Å². The second-order valence-corrected chi connectivity index (χ2v) is 11.1. The monoisotopic (exact) mass is 511 g/mol. The van der Waals surface area contributed by atoms with Gasteiger partial charge >= 0.3 is 0 Å². The molecule has 0 fully saturated rings. The van der Waals surface area contributed by atoms with Crippen molar-refractivity contribution in [2.45, 2.75) is 18.8 Å². The molecule has 2 N–H and O–H groups in total. The normalized spacial score (nSPS) is 14.3. The second kappa shape index (κ2) is 9.10. The summed E-state index contributed by atoms with van der Waals surface area (Å²) >= 11 is 0. The van der Waals surface area contributed by atoms with E-state index in [1.807, 2.05) is 12.1 Å². The highest BCUT2D eigenvalue weighted by molar-refractivity contribution is 6.25. The van der Waals surface area contributed by atoms with Crippen LogP contribution in [0.1, 0.15) is 22.6 Å². The summed E-state index contributed by atoms with van der Waals surface area (Å²) in [5.41, 5.74) is 16.3. The van der Waals surface area contributed by atoms with Crippen molar-refractivity contribution in [3.63, 3.8) is 0 Å². The summed E-state index contributed by atoms with van der Waals surface area (Å²) in [4.78, 5) is 0. The molecule has 0 aromatic heterocycles. The van der Waals surface area contributed by atoms with E-state index in [-0.39, 0.29) is 0 Å². The number of rotatable bonds is 3. The van der Waals surface area contributed by atoms with E-state index in [0.717, 1.165) is 18.5 Å². The third-order valence-corrected chi connectivity index (χ3v) is 8.80. The molecule has 1 heteroatoms. The van der Waals surface area contributed by atoms with Crippen LogP contribution in [0.4, 0.5) is 5.69 Å². The lowest BCUT2D eigenvalue weighted by Crippen LogP contribution is -2.15. The summed E-state index contributed by atoms with van der Waals surface area (Å²) < 4.78 is 0. The summed E-state index contributed by atoms with van der Waals surface area (Å²) in [6, 6.07) is 48.9. The quantitative estimate of drug-likeness (QED) is 0.185. The molecule has 1 aliphatic carbocycles. The van der Waals surface area contributed by atoms with E-state index in [1.165, 1.54) is 71.3 Å². The van der Waals surface area contributed by atoms with Gasteiger partial charge in [0, 0.05) is 5.69 Å². The fourth-order valence-electron chi connectivity index (χ4n) is 6.98. The molecule has 0 saturated carbocycles. The first-order chi connectivity index (χ1) is 19.7. The maximum absolute atomic E-state index is 5.91. The van der Waals surface area contributed by atoms with Crippen LogP contribution >= 0.6 is 0 Å². The summed E-state index contributed by atoms with van der Waals surface area (Å²) in [7, 11) is 0. The van der Waals surface area contributed by atoms with Crippen molar-refractivity contribution < 1.29 is 0 Å². The molecule has 1 nitrogen and oxygen atoms in total. The zero-order chi connectivity index (χ0) is 26.6. The van der Waals surface area contributed by atoms with Gasteiger partial charge < -0.3 is 5.73 Å². The third-order valence-electron chi connectivity index (χ3n) is 8.80. The standard InChI is InChI=1S/C39H29N/c40-31-20-17-27(18-21-31)26-15-13-25(14-16-26)23-30-24-29-8-2-4-10-33(29)39-35-12-6-5-11-34(35)38-32-9-3-1-7-28(32)19-22-36(38)37(30)39/h1-22,30H,23-24,40H2. The molecule has 1 unspecified atom stereocenters. The van der Waals surface area contributed by atoms with Gasteiger partial charge in [0.1, 0.15) is 0 Å². The number of hydrogen-bond donors (Lipinski definition) is 1. The largest absolute Gasteiger partial charge is 0.399 e. The molecule has 0 aliphatic heterocycles. The van der Waals surface area contributed by atoms with E-state index in [4.69, 9.17) is 5.73 Å². The predicted molar refractivity (Wildman–Crippen MR) is 171 cm³/mol. The van der Waals surface area contributed by atoms with Crippen LogP contribution in [-0.2, 0) is 12.8 Å². The molecule has 0 spiro atoms. The molecule has 0 radical (unpaired) electrons. The van der Waals surface area contributed by atoms with Gasteiger partial charge in [-0.1, -0.05) is 121 Å². The molecule has 190 valence electrons. The van der Waals surface area contributed by atoms with Crippen LogP contribution in [0.2, 0.25) is 0 Å². The number of nitrogen functional groups attached to an aromatic ring is 1. The molecule has 40 heavy (non-hydrogen) atoms. The van der Waals surface area contributed by atoms with Crippen LogP contribution in [-0.4, -0.2) is 0 Å². The summed E-state index contributed by atoms with van der Waals surface area (Å²) in [5.74, 6) is 0.389. The Morgan fingerprint density at radius 1 is 0.550 bits per heavy atom. The lowest BCUT2D eigenvalue weighted by molar-refractivity contribution is 0.679. The second-order valence-electron chi connectivity index (χ2n) is 11.1. The van der Waals surface area contributed by atoms with Crippen LogP contribution in [0.5, 0.6) is 0 Å². The molecule has 7 aromatic carbocycles. The molecular formula is C39H29N. The van der Waals surface area contributed by atoms with E-state index in [9.17, 15) is 0 Å². The average molecular weight is 512 g/mol. The number of fused-ring (bicyclic) bond motifs is 10. The molecule has 0 amide bonds. The van der Waals surface area contributed by atoms with Crippen LogP contribution in [0.15, 0.2) is 133 Å². The van der Waals surface area contributed by atoms with Gasteiger partial charge in [-0.2, -0.15) is 0 Å². The van der Waals surface area contributed by atoms with E-state index in [1.54, 1.807) is 0 Å². The predicted octanol–water partition coefficient (Wildman–Crippen LogP) is 9.94. The van der Waals surface area contributed by atoms with Crippen molar-refractivity contribution in [3.05, 3.63) is 150 Å². The average Bonchev–Trinajstić information content (AvgIpc) is 3.01. The Hall–Kier alpha value is -4.88. The summed E-state index contributed by atoms with van der Waals surface area (Å²) in [6.45, 7) is 0. The smallest absolute Gasteiger partial charge is 0.0314 e. The van der Waals surface area contributed by atoms with Crippen LogP contribution in [0, 0.1) is 0 Å². The lowest BCUT2D eigenvalue weighted by Gasteiger charge is -2.31. The van der Waals surface area contributed by atoms with Gasteiger partial charge in [-0.05, 0) is 102 Å². The fourth-order valence-corrected chi connectivity index (χ4v) is 6.98. The zero-order valence-corrected chi connectivity index (χ0v) is 22.3. The Balaban J connectivity index is 1.34. The SMILES string of the molecule is Nc1ccc(-c2ccc(CC3Cc4ccccc4-c4c3c3ccc5ccccc5c3c3ccccc43)cc2)cc1. The van der Waals surface area contributed by atoms with Crippen molar-refractivity contribution in [1.82, 2.24) is 0 Å². The highest BCUT2D eigenvalue weighted by Gasteiger charge is 2.29. The van der Waals surface area contributed by atoms with E-state index >= 15 is 0 Å². The van der Waals surface area contributed by atoms with Crippen LogP contribution in [0.25, 0.3) is 54.6 Å². The Labute approximate surface area is 234 Å². The minimum Gasteiger partial charge on any atom is -0.399 e. The third kappa shape index (κ3) is 3.62. The first-order valence-electron chi connectivity index (χ1n) is 14.1. The Morgan fingerprint density at radius 2 is 1.20 bits per heavy atom. The first kappa shape index (κ1) is 23.0. The number of benzene rings is 7. The van der Waals surface area contributed by atoms with Crippen molar-refractivity contribution in [3.8, 4) is 22.3 Å². The fraction of sp³-hybridized carbons (Fsp3) is 0.0769. The molecule has 0 heterocycles. The Morgan fingerprint density at radius 3 is 2.00 bits per heavy atom. The zero-order valence-electron chi connectivity index (χ0n) is 22.3.